The molecule has 0 saturated heterocycles. The van der Waals surface area contributed by atoms with E-state index >= 15 is 0 Å². The molecule has 0 heterocycles. The first-order valence-corrected chi connectivity index (χ1v) is 2.78. The van der Waals surface area contributed by atoms with Gasteiger partial charge >= 0.3 is 0 Å². The lowest BCUT2D eigenvalue weighted by Crippen LogP contribution is -2.10. The summed E-state index contributed by atoms with van der Waals surface area (Å²) >= 11 is 0. The number of hydrogen-bond acceptors (Lipinski definition) is 2. The van der Waals surface area contributed by atoms with Crippen molar-refractivity contribution >= 4 is 5.78 Å². The third kappa shape index (κ3) is 1.27. The number of carbonyl (C=O) groups excluding carboxylic acids is 1. The average molecular weight is 124 g/mol. The smallest absolute Gasteiger partial charge is 0.178 e. The summed E-state index contributed by atoms with van der Waals surface area (Å²) in [5, 5.41) is 8.99. The Hall–Kier alpha value is -0.890. The molecular formula is C7H8O2. The van der Waals surface area contributed by atoms with Gasteiger partial charge in [-0.25, -0.2) is 0 Å². The average Bonchev–Trinajstić information content (AvgIpc) is 1.80. The molecule has 0 aliphatic heterocycles. The highest BCUT2D eigenvalue weighted by Crippen LogP contribution is 2.07. The van der Waals surface area contributed by atoms with Gasteiger partial charge in [-0.2, -0.15) is 0 Å². The van der Waals surface area contributed by atoms with Crippen LogP contribution in [-0.2, 0) is 4.79 Å². The zero-order valence-electron chi connectivity index (χ0n) is 5.16. The molecule has 9 heavy (non-hydrogen) atoms. The number of ketones is 1. The van der Waals surface area contributed by atoms with Gasteiger partial charge in [-0.3, -0.25) is 4.79 Å². The van der Waals surface area contributed by atoms with E-state index in [4.69, 9.17) is 5.11 Å². The summed E-state index contributed by atoms with van der Waals surface area (Å²) in [6, 6.07) is 0. The van der Waals surface area contributed by atoms with Crippen LogP contribution >= 0.6 is 0 Å². The Balaban J connectivity index is 2.82. The van der Waals surface area contributed by atoms with E-state index in [2.05, 4.69) is 0 Å². The van der Waals surface area contributed by atoms with E-state index in [1.165, 1.54) is 18.2 Å². The van der Waals surface area contributed by atoms with Gasteiger partial charge in [-0.15, -0.1) is 0 Å². The fourth-order valence-electron chi connectivity index (χ4n) is 0.696. The van der Waals surface area contributed by atoms with E-state index in [0.717, 1.165) is 0 Å². The Morgan fingerprint density at radius 3 is 2.78 bits per heavy atom. The molecule has 0 radical (unpaired) electrons. The maximum atomic E-state index is 10.5. The molecule has 0 aromatic rings. The molecule has 0 aromatic carbocycles. The number of rotatable bonds is 0. The van der Waals surface area contributed by atoms with Gasteiger partial charge in [0.15, 0.2) is 5.78 Å². The molecule has 0 aromatic heterocycles. The molecule has 1 aliphatic rings. The number of allylic oxidation sites excluding steroid dienone is 2. The third-order valence-corrected chi connectivity index (χ3v) is 1.28. The normalized spacial score (nSPS) is 26.2. The summed E-state index contributed by atoms with van der Waals surface area (Å²) in [4.78, 5) is 10.5. The van der Waals surface area contributed by atoms with Gasteiger partial charge in [0.25, 0.3) is 0 Å². The second-order valence-electron chi connectivity index (χ2n) is 2.09. The van der Waals surface area contributed by atoms with E-state index in [0.29, 0.717) is 5.57 Å². The lowest BCUT2D eigenvalue weighted by atomic mass is 10.0. The van der Waals surface area contributed by atoms with Crippen molar-refractivity contribution in [2.45, 2.75) is 13.0 Å². The van der Waals surface area contributed by atoms with E-state index in [9.17, 15) is 4.79 Å². The highest BCUT2D eigenvalue weighted by molar-refractivity contribution is 6.00. The molecule has 48 valence electrons. The van der Waals surface area contributed by atoms with Gasteiger partial charge in [0.2, 0.25) is 0 Å². The van der Waals surface area contributed by atoms with Crippen molar-refractivity contribution in [3.8, 4) is 0 Å². The Morgan fingerprint density at radius 1 is 1.67 bits per heavy atom. The second-order valence-corrected chi connectivity index (χ2v) is 2.09. The van der Waals surface area contributed by atoms with Crippen molar-refractivity contribution in [2.24, 2.45) is 0 Å². The lowest BCUT2D eigenvalue weighted by Gasteiger charge is -2.07. The van der Waals surface area contributed by atoms with Crippen LogP contribution < -0.4 is 0 Å². The zero-order chi connectivity index (χ0) is 6.85. The molecular weight excluding hydrogens is 116 g/mol. The Morgan fingerprint density at radius 2 is 2.33 bits per heavy atom. The molecule has 2 nitrogen and oxygen atoms in total. The molecule has 0 amide bonds. The maximum Gasteiger partial charge on any atom is 0.178 e. The van der Waals surface area contributed by atoms with Gasteiger partial charge in [0.1, 0.15) is 0 Å². The van der Waals surface area contributed by atoms with Crippen LogP contribution in [0.1, 0.15) is 6.92 Å². The molecule has 0 saturated carbocycles. The summed E-state index contributed by atoms with van der Waals surface area (Å²) < 4.78 is 0. The highest BCUT2D eigenvalue weighted by atomic mass is 16.3. The Bertz CT molecular complexity index is 189. The first-order valence-electron chi connectivity index (χ1n) is 2.78. The summed E-state index contributed by atoms with van der Waals surface area (Å²) in [5.41, 5.74) is 0.711. The first-order chi connectivity index (χ1) is 4.20. The molecule has 0 fully saturated rings. The second kappa shape index (κ2) is 2.15. The maximum absolute atomic E-state index is 10.5. The first kappa shape index (κ1) is 6.23. The predicted octanol–water partition coefficient (Wildman–Crippen LogP) is 0.432. The van der Waals surface area contributed by atoms with Crippen LogP contribution in [0.25, 0.3) is 0 Å². The van der Waals surface area contributed by atoms with Crippen LogP contribution in [0.4, 0.5) is 0 Å². The zero-order valence-corrected chi connectivity index (χ0v) is 5.16. The predicted molar refractivity (Wildman–Crippen MR) is 33.9 cm³/mol. The van der Waals surface area contributed by atoms with E-state index < -0.39 is 6.10 Å². The van der Waals surface area contributed by atoms with Crippen molar-refractivity contribution in [1.82, 2.24) is 0 Å². The number of aliphatic hydroxyl groups excluding tert-OH is 1. The van der Waals surface area contributed by atoms with E-state index in [1.54, 1.807) is 6.92 Å². The van der Waals surface area contributed by atoms with Crippen LogP contribution in [0, 0.1) is 0 Å². The minimum Gasteiger partial charge on any atom is -0.385 e. The van der Waals surface area contributed by atoms with Crippen LogP contribution in [-0.4, -0.2) is 17.0 Å². The standard InChI is InChI=1S/C7H8O2/c1-5-4-6(8)2-3-7(5)9/h2-4,7,9H,1H3/t7-/m1/s1. The molecule has 0 unspecified atom stereocenters. The fraction of sp³-hybridized carbons (Fsp3) is 0.286. The lowest BCUT2D eigenvalue weighted by molar-refractivity contribution is -0.110. The van der Waals surface area contributed by atoms with E-state index in [-0.39, 0.29) is 5.78 Å². The summed E-state index contributed by atoms with van der Waals surface area (Å²) in [6.45, 7) is 1.73. The molecule has 0 bridgehead atoms. The van der Waals surface area contributed by atoms with Crippen LogP contribution in [0.15, 0.2) is 23.8 Å². The molecule has 1 atom stereocenters. The van der Waals surface area contributed by atoms with Crippen LogP contribution in [0.3, 0.4) is 0 Å². The summed E-state index contributed by atoms with van der Waals surface area (Å²) in [7, 11) is 0. The van der Waals surface area contributed by atoms with Crippen molar-refractivity contribution in [2.75, 3.05) is 0 Å². The quantitative estimate of drug-likeness (QED) is 0.508. The highest BCUT2D eigenvalue weighted by Gasteiger charge is 2.07. The van der Waals surface area contributed by atoms with Gasteiger partial charge in [-0.05, 0) is 30.7 Å². The minimum absolute atomic E-state index is 0.0437. The Kier molecular flexibility index (Phi) is 1.49. The van der Waals surface area contributed by atoms with Gasteiger partial charge in [-0.1, -0.05) is 0 Å². The van der Waals surface area contributed by atoms with Gasteiger partial charge < -0.3 is 5.11 Å². The number of hydrogen-bond donors (Lipinski definition) is 1. The molecule has 1 N–H and O–H groups in total. The minimum atomic E-state index is -0.553. The molecule has 0 spiro atoms. The molecule has 1 aliphatic carbocycles. The molecule has 1 rings (SSSR count). The third-order valence-electron chi connectivity index (χ3n) is 1.28. The SMILES string of the molecule is CC1=CC(=O)C=C[C@H]1O. The summed E-state index contributed by atoms with van der Waals surface area (Å²) in [5.74, 6) is -0.0437. The van der Waals surface area contributed by atoms with E-state index in [1.807, 2.05) is 0 Å². The van der Waals surface area contributed by atoms with Crippen molar-refractivity contribution < 1.29 is 9.90 Å². The fourth-order valence-corrected chi connectivity index (χ4v) is 0.696. The van der Waals surface area contributed by atoms with Crippen LogP contribution in [0.2, 0.25) is 0 Å². The van der Waals surface area contributed by atoms with Crippen molar-refractivity contribution in [3.63, 3.8) is 0 Å². The van der Waals surface area contributed by atoms with Crippen LogP contribution in [0.5, 0.6) is 0 Å². The van der Waals surface area contributed by atoms with Gasteiger partial charge in [0.05, 0.1) is 6.10 Å². The topological polar surface area (TPSA) is 37.3 Å². The number of aliphatic hydroxyl groups is 1. The Labute approximate surface area is 53.5 Å². The number of carbonyl (C=O) groups is 1. The molecule has 2 heteroatoms. The van der Waals surface area contributed by atoms with Crippen molar-refractivity contribution in [1.29, 1.82) is 0 Å². The van der Waals surface area contributed by atoms with Gasteiger partial charge in [0, 0.05) is 0 Å². The largest absolute Gasteiger partial charge is 0.385 e. The van der Waals surface area contributed by atoms with Crippen molar-refractivity contribution in [3.05, 3.63) is 23.8 Å². The summed E-state index contributed by atoms with van der Waals surface area (Å²) in [6.07, 6.45) is 3.74. The monoisotopic (exact) mass is 124 g/mol.